The van der Waals surface area contributed by atoms with Crippen LogP contribution in [-0.4, -0.2) is 60.3 Å². The summed E-state index contributed by atoms with van der Waals surface area (Å²) < 4.78 is 25.4. The Morgan fingerprint density at radius 1 is 1.27 bits per heavy atom. The molecule has 9 nitrogen and oxygen atoms in total. The summed E-state index contributed by atoms with van der Waals surface area (Å²) in [7, 11) is 1.34. The topological polar surface area (TPSA) is 117 Å². The first-order valence-electron chi connectivity index (χ1n) is 10.0. The van der Waals surface area contributed by atoms with Gasteiger partial charge in [-0.1, -0.05) is 12.1 Å². The van der Waals surface area contributed by atoms with Crippen molar-refractivity contribution in [3.8, 4) is 5.75 Å². The molecule has 3 atom stereocenters. The molecule has 2 aromatic carbocycles. The van der Waals surface area contributed by atoms with Crippen LogP contribution in [-0.2, 0) is 14.3 Å². The van der Waals surface area contributed by atoms with Gasteiger partial charge in [0.05, 0.1) is 18.4 Å². The number of carbonyl (C=O) groups is 3. The maximum absolute atomic E-state index is 14.2. The van der Waals surface area contributed by atoms with Crippen molar-refractivity contribution < 1.29 is 33.4 Å². The molecule has 0 aromatic heterocycles. The van der Waals surface area contributed by atoms with Crippen molar-refractivity contribution in [1.82, 2.24) is 10.2 Å². The van der Waals surface area contributed by atoms with E-state index in [1.807, 2.05) is 22.6 Å². The van der Waals surface area contributed by atoms with E-state index in [-0.39, 0.29) is 18.9 Å². The molecule has 33 heavy (non-hydrogen) atoms. The Hall–Kier alpha value is -2.77. The van der Waals surface area contributed by atoms with Crippen molar-refractivity contribution in [3.63, 3.8) is 0 Å². The number of hydrogen-bond donors (Lipinski definition) is 3. The Kier molecular flexibility index (Phi) is 8.21. The molecule has 1 aliphatic rings. The average Bonchev–Trinajstić information content (AvgIpc) is 3.08. The van der Waals surface area contributed by atoms with E-state index >= 15 is 0 Å². The number of aliphatic hydroxyl groups excluding tert-OH is 1. The maximum Gasteiger partial charge on any atom is 0.325 e. The van der Waals surface area contributed by atoms with Crippen LogP contribution in [0.2, 0.25) is 0 Å². The monoisotopic (exact) mass is 571 g/mol. The number of aliphatic hydroxyl groups is 1. The second-order valence-electron chi connectivity index (χ2n) is 7.23. The van der Waals surface area contributed by atoms with Crippen LogP contribution in [0.3, 0.4) is 0 Å². The summed E-state index contributed by atoms with van der Waals surface area (Å²) in [5.41, 5.74) is 0.413. The molecule has 176 valence electrons. The minimum Gasteiger partial charge on any atom is -0.491 e. The van der Waals surface area contributed by atoms with Gasteiger partial charge in [-0.2, -0.15) is 0 Å². The molecule has 0 unspecified atom stereocenters. The van der Waals surface area contributed by atoms with E-state index in [0.717, 1.165) is 4.90 Å². The van der Waals surface area contributed by atoms with Gasteiger partial charge in [-0.3, -0.25) is 9.59 Å². The van der Waals surface area contributed by atoms with E-state index < -0.39 is 41.9 Å². The van der Waals surface area contributed by atoms with E-state index in [4.69, 9.17) is 14.6 Å². The normalized spacial score (nSPS) is 17.5. The largest absolute Gasteiger partial charge is 0.491 e. The van der Waals surface area contributed by atoms with Gasteiger partial charge in [0.25, 0.3) is 11.8 Å². The number of hydrogen-bond acceptors (Lipinski definition) is 6. The van der Waals surface area contributed by atoms with Crippen molar-refractivity contribution in [2.24, 2.45) is 0 Å². The molecule has 11 heteroatoms. The van der Waals surface area contributed by atoms with Gasteiger partial charge in [0.15, 0.2) is 0 Å². The van der Waals surface area contributed by atoms with Crippen molar-refractivity contribution in [2.45, 2.75) is 25.1 Å². The van der Waals surface area contributed by atoms with Gasteiger partial charge in [0.2, 0.25) is 0 Å². The number of anilines is 1. The minimum absolute atomic E-state index is 0.0733. The molecule has 4 amide bonds. The van der Waals surface area contributed by atoms with E-state index in [0.29, 0.717) is 14.9 Å². The fourth-order valence-electron chi connectivity index (χ4n) is 3.37. The lowest BCUT2D eigenvalue weighted by molar-refractivity contribution is -0.137. The molecular weight excluding hydrogens is 548 g/mol. The summed E-state index contributed by atoms with van der Waals surface area (Å²) in [6, 6.07) is 7.58. The number of methoxy groups -OCH3 is 1. The number of amides is 4. The molecular formula is C22H23FIN3O6. The predicted octanol–water partition coefficient (Wildman–Crippen LogP) is 2.44. The molecule has 0 radical (unpaired) electrons. The first kappa shape index (κ1) is 24.9. The van der Waals surface area contributed by atoms with Crippen LogP contribution in [0, 0.1) is 9.39 Å². The summed E-state index contributed by atoms with van der Waals surface area (Å²) >= 11 is 1.94. The molecule has 3 N–H and O–H groups in total. The Morgan fingerprint density at radius 2 is 1.97 bits per heavy atom. The second kappa shape index (κ2) is 10.9. The first-order chi connectivity index (χ1) is 15.8. The average molecular weight is 571 g/mol. The lowest BCUT2D eigenvalue weighted by Crippen LogP contribution is -2.53. The van der Waals surface area contributed by atoms with Crippen LogP contribution in [0.1, 0.15) is 18.5 Å². The van der Waals surface area contributed by atoms with Crippen LogP contribution < -0.4 is 15.4 Å². The van der Waals surface area contributed by atoms with Crippen LogP contribution in [0.4, 0.5) is 14.9 Å². The number of halogens is 2. The zero-order valence-electron chi connectivity index (χ0n) is 17.9. The minimum atomic E-state index is -1.33. The maximum atomic E-state index is 14.2. The highest BCUT2D eigenvalue weighted by Crippen LogP contribution is 2.27. The number of carbonyl (C=O) groups excluding carboxylic acids is 3. The van der Waals surface area contributed by atoms with Gasteiger partial charge in [-0.25, -0.2) is 14.1 Å². The smallest absolute Gasteiger partial charge is 0.325 e. The third-order valence-corrected chi connectivity index (χ3v) is 5.77. The molecule has 1 fully saturated rings. The van der Waals surface area contributed by atoms with E-state index in [1.165, 1.54) is 26.2 Å². The fourth-order valence-corrected chi connectivity index (χ4v) is 3.82. The number of ether oxygens (including phenoxy) is 2. The fraction of sp³-hybridized carbons (Fsp3) is 0.318. The number of rotatable bonds is 9. The van der Waals surface area contributed by atoms with Gasteiger partial charge in [0, 0.05) is 10.7 Å². The van der Waals surface area contributed by atoms with Crippen LogP contribution in [0.5, 0.6) is 5.75 Å². The molecule has 0 aliphatic carbocycles. The Bertz CT molecular complexity index is 1040. The third-order valence-electron chi connectivity index (χ3n) is 5.10. The van der Waals surface area contributed by atoms with E-state index in [1.54, 1.807) is 30.3 Å². The number of nitrogens with one attached hydrogen (secondary N) is 2. The molecule has 0 saturated carbocycles. The quantitative estimate of drug-likeness (QED) is 0.315. The molecule has 1 saturated heterocycles. The molecule has 3 rings (SSSR count). The van der Waals surface area contributed by atoms with Gasteiger partial charge < -0.3 is 25.2 Å². The summed E-state index contributed by atoms with van der Waals surface area (Å²) in [5.74, 6) is -1.55. The van der Waals surface area contributed by atoms with Crippen LogP contribution >= 0.6 is 22.6 Å². The molecule has 0 spiro atoms. The standard InChI is InChI=1S/C22H23FIN3O6/c1-12(32-2)19(20(29)25-17-8-5-14(24)11-16(17)23)27-21(30)18(26-22(27)31)13-3-6-15(7-4-13)33-10-9-28/h3-8,11-12,18-19,28H,9-10H2,1-2H3,(H,25,29)(H,26,31)/t12-,18-,19+/m1/s1. The van der Waals surface area contributed by atoms with Gasteiger partial charge in [-0.15, -0.1) is 0 Å². The van der Waals surface area contributed by atoms with Gasteiger partial charge >= 0.3 is 6.03 Å². The molecule has 1 heterocycles. The number of benzene rings is 2. The van der Waals surface area contributed by atoms with Crippen molar-refractivity contribution in [3.05, 3.63) is 57.4 Å². The van der Waals surface area contributed by atoms with E-state index in [2.05, 4.69) is 10.6 Å². The lowest BCUT2D eigenvalue weighted by Gasteiger charge is -2.28. The van der Waals surface area contributed by atoms with Crippen molar-refractivity contribution >= 4 is 46.1 Å². The van der Waals surface area contributed by atoms with Crippen LogP contribution in [0.25, 0.3) is 0 Å². The van der Waals surface area contributed by atoms with E-state index in [9.17, 15) is 18.8 Å². The van der Waals surface area contributed by atoms with Gasteiger partial charge in [-0.05, 0) is 65.4 Å². The van der Waals surface area contributed by atoms with Gasteiger partial charge in [0.1, 0.15) is 30.3 Å². The highest BCUT2D eigenvalue weighted by Gasteiger charge is 2.47. The van der Waals surface area contributed by atoms with Crippen molar-refractivity contribution in [2.75, 3.05) is 25.6 Å². The zero-order chi connectivity index (χ0) is 24.1. The highest BCUT2D eigenvalue weighted by atomic mass is 127. The number of urea groups is 1. The summed E-state index contributed by atoms with van der Waals surface area (Å²) in [6.45, 7) is 1.52. The summed E-state index contributed by atoms with van der Waals surface area (Å²) in [5, 5.41) is 13.9. The Balaban J connectivity index is 1.83. The lowest BCUT2D eigenvalue weighted by atomic mass is 10.0. The number of nitrogens with zero attached hydrogens (tertiary/aromatic N) is 1. The summed E-state index contributed by atoms with van der Waals surface area (Å²) in [4.78, 5) is 39.8. The zero-order valence-corrected chi connectivity index (χ0v) is 20.0. The Labute approximate surface area is 203 Å². The first-order valence-corrected chi connectivity index (χ1v) is 11.1. The summed E-state index contributed by atoms with van der Waals surface area (Å²) in [6.07, 6.45) is -0.861. The third kappa shape index (κ3) is 5.60. The molecule has 1 aliphatic heterocycles. The highest BCUT2D eigenvalue weighted by molar-refractivity contribution is 14.1. The molecule has 2 aromatic rings. The number of imide groups is 1. The second-order valence-corrected chi connectivity index (χ2v) is 8.48. The SMILES string of the molecule is CO[C@H](C)[C@@H](C(=O)Nc1ccc(I)cc1F)N1C(=O)N[C@H](c2ccc(OCCO)cc2)C1=O. The Morgan fingerprint density at radius 3 is 2.58 bits per heavy atom. The van der Waals surface area contributed by atoms with Crippen LogP contribution in [0.15, 0.2) is 42.5 Å². The molecule has 0 bridgehead atoms. The predicted molar refractivity (Wildman–Crippen MR) is 125 cm³/mol. The van der Waals surface area contributed by atoms with Crippen molar-refractivity contribution in [1.29, 1.82) is 0 Å².